The Hall–Kier alpha value is -3.28. The first-order valence-electron chi connectivity index (χ1n) is 8.84. The van der Waals surface area contributed by atoms with Gasteiger partial charge in [0.25, 0.3) is 5.91 Å². The van der Waals surface area contributed by atoms with Crippen molar-refractivity contribution < 1.29 is 19.1 Å². The maximum atomic E-state index is 12.7. The maximum Gasteiger partial charge on any atom is 0.338 e. The highest BCUT2D eigenvalue weighted by Gasteiger charge is 2.14. The number of ether oxygens (including phenoxy) is 2. The summed E-state index contributed by atoms with van der Waals surface area (Å²) in [6.45, 7) is 4.60. The van der Waals surface area contributed by atoms with E-state index >= 15 is 0 Å². The summed E-state index contributed by atoms with van der Waals surface area (Å²) in [6.07, 6.45) is 0. The molecule has 0 radical (unpaired) electrons. The van der Waals surface area contributed by atoms with Crippen molar-refractivity contribution in [1.29, 1.82) is 0 Å². The highest BCUT2D eigenvalue weighted by molar-refractivity contribution is 6.06. The summed E-state index contributed by atoms with van der Waals surface area (Å²) >= 11 is 0. The standard InChI is InChI=1S/C21H22N2O4/c1-4-26-17-10-11-18-15(12-17)13-19(23(18)3)20(24)22-16-8-6-14(7-9-16)21(25)27-5-2/h6-13H,4-5H2,1-3H3,(H,22,24). The Morgan fingerprint density at radius 2 is 1.74 bits per heavy atom. The number of rotatable bonds is 6. The molecule has 2 aromatic carbocycles. The summed E-state index contributed by atoms with van der Waals surface area (Å²) in [5.74, 6) is 0.168. The Balaban J connectivity index is 1.79. The molecule has 140 valence electrons. The molecule has 1 heterocycles. The zero-order valence-corrected chi connectivity index (χ0v) is 15.6. The van der Waals surface area contributed by atoms with E-state index in [1.54, 1.807) is 31.2 Å². The average Bonchev–Trinajstić information content (AvgIpc) is 2.99. The summed E-state index contributed by atoms with van der Waals surface area (Å²) in [7, 11) is 1.85. The van der Waals surface area contributed by atoms with E-state index in [1.807, 2.05) is 42.8 Å². The van der Waals surface area contributed by atoms with Crippen molar-refractivity contribution in [3.8, 4) is 5.75 Å². The lowest BCUT2D eigenvalue weighted by Crippen LogP contribution is -2.15. The van der Waals surface area contributed by atoms with E-state index in [4.69, 9.17) is 9.47 Å². The minimum atomic E-state index is -0.380. The molecule has 3 rings (SSSR count). The van der Waals surface area contributed by atoms with Gasteiger partial charge in [0.05, 0.1) is 18.8 Å². The first-order chi connectivity index (χ1) is 13.0. The Morgan fingerprint density at radius 1 is 1.00 bits per heavy atom. The van der Waals surface area contributed by atoms with Crippen LogP contribution in [-0.4, -0.2) is 29.7 Å². The molecule has 0 atom stereocenters. The van der Waals surface area contributed by atoms with Gasteiger partial charge < -0.3 is 19.4 Å². The van der Waals surface area contributed by atoms with Crippen LogP contribution in [-0.2, 0) is 11.8 Å². The number of fused-ring (bicyclic) bond motifs is 1. The first-order valence-corrected chi connectivity index (χ1v) is 8.84. The van der Waals surface area contributed by atoms with Crippen LogP contribution >= 0.6 is 0 Å². The van der Waals surface area contributed by atoms with Crippen molar-refractivity contribution in [2.24, 2.45) is 7.05 Å². The molecule has 0 aliphatic heterocycles. The van der Waals surface area contributed by atoms with Crippen LogP contribution in [0.2, 0.25) is 0 Å². The van der Waals surface area contributed by atoms with Gasteiger partial charge in [-0.3, -0.25) is 4.79 Å². The van der Waals surface area contributed by atoms with E-state index < -0.39 is 0 Å². The highest BCUT2D eigenvalue weighted by atomic mass is 16.5. The van der Waals surface area contributed by atoms with Crippen molar-refractivity contribution in [1.82, 2.24) is 4.57 Å². The van der Waals surface area contributed by atoms with Crippen LogP contribution < -0.4 is 10.1 Å². The van der Waals surface area contributed by atoms with E-state index in [2.05, 4.69) is 5.32 Å². The summed E-state index contributed by atoms with van der Waals surface area (Å²) in [5, 5.41) is 3.79. The predicted molar refractivity (Wildman–Crippen MR) is 104 cm³/mol. The molecule has 1 amide bonds. The molecule has 0 fully saturated rings. The van der Waals surface area contributed by atoms with Gasteiger partial charge in [0.2, 0.25) is 0 Å². The molecule has 1 N–H and O–H groups in total. The lowest BCUT2D eigenvalue weighted by molar-refractivity contribution is 0.0526. The molecule has 6 nitrogen and oxygen atoms in total. The smallest absolute Gasteiger partial charge is 0.338 e. The fraction of sp³-hybridized carbons (Fsp3) is 0.238. The predicted octanol–water partition coefficient (Wildman–Crippen LogP) is 4.01. The Kier molecular flexibility index (Phi) is 5.45. The normalized spacial score (nSPS) is 10.6. The third-order valence-electron chi connectivity index (χ3n) is 4.21. The SMILES string of the molecule is CCOC(=O)c1ccc(NC(=O)c2cc3cc(OCC)ccc3n2C)cc1. The molecular weight excluding hydrogens is 344 g/mol. The second kappa shape index (κ2) is 7.95. The number of amides is 1. The van der Waals surface area contributed by atoms with Gasteiger partial charge >= 0.3 is 5.97 Å². The van der Waals surface area contributed by atoms with Gasteiger partial charge in [-0.1, -0.05) is 0 Å². The number of hydrogen-bond acceptors (Lipinski definition) is 4. The largest absolute Gasteiger partial charge is 0.494 e. The number of aromatic nitrogens is 1. The molecule has 0 aliphatic rings. The zero-order chi connectivity index (χ0) is 19.4. The zero-order valence-electron chi connectivity index (χ0n) is 15.6. The van der Waals surface area contributed by atoms with Gasteiger partial charge in [-0.15, -0.1) is 0 Å². The Morgan fingerprint density at radius 3 is 2.41 bits per heavy atom. The molecule has 0 spiro atoms. The van der Waals surface area contributed by atoms with Gasteiger partial charge in [-0.05, 0) is 62.4 Å². The van der Waals surface area contributed by atoms with Gasteiger partial charge in [-0.2, -0.15) is 0 Å². The second-order valence-corrected chi connectivity index (χ2v) is 5.99. The Labute approximate surface area is 157 Å². The third-order valence-corrected chi connectivity index (χ3v) is 4.21. The van der Waals surface area contributed by atoms with E-state index in [0.29, 0.717) is 30.2 Å². The number of aryl methyl sites for hydroxylation is 1. The number of nitrogens with zero attached hydrogens (tertiary/aromatic N) is 1. The maximum absolute atomic E-state index is 12.7. The van der Waals surface area contributed by atoms with Crippen LogP contribution in [0, 0.1) is 0 Å². The number of nitrogens with one attached hydrogen (secondary N) is 1. The summed E-state index contributed by atoms with van der Waals surface area (Å²) in [6, 6.07) is 14.2. The van der Waals surface area contributed by atoms with E-state index in [-0.39, 0.29) is 11.9 Å². The second-order valence-electron chi connectivity index (χ2n) is 5.99. The molecule has 0 unspecified atom stereocenters. The quantitative estimate of drug-likeness (QED) is 0.669. The Bertz CT molecular complexity index is 974. The van der Waals surface area contributed by atoms with Crippen molar-refractivity contribution in [2.75, 3.05) is 18.5 Å². The molecule has 0 saturated heterocycles. The third kappa shape index (κ3) is 3.95. The van der Waals surface area contributed by atoms with Gasteiger partial charge in [0.15, 0.2) is 0 Å². The lowest BCUT2D eigenvalue weighted by atomic mass is 10.2. The minimum absolute atomic E-state index is 0.226. The molecular formula is C21H22N2O4. The summed E-state index contributed by atoms with van der Waals surface area (Å²) < 4.78 is 12.3. The van der Waals surface area contributed by atoms with Crippen LogP contribution in [0.25, 0.3) is 10.9 Å². The van der Waals surface area contributed by atoms with Crippen LogP contribution in [0.3, 0.4) is 0 Å². The van der Waals surface area contributed by atoms with Crippen molar-refractivity contribution >= 4 is 28.5 Å². The first kappa shape index (κ1) is 18.5. The number of benzene rings is 2. The van der Waals surface area contributed by atoms with Crippen LogP contribution in [0.5, 0.6) is 5.75 Å². The van der Waals surface area contributed by atoms with Crippen LogP contribution in [0.1, 0.15) is 34.7 Å². The molecule has 1 aromatic heterocycles. The van der Waals surface area contributed by atoms with Crippen molar-refractivity contribution in [3.63, 3.8) is 0 Å². The molecule has 0 saturated carbocycles. The van der Waals surface area contributed by atoms with E-state index in [1.165, 1.54) is 0 Å². The monoisotopic (exact) mass is 366 g/mol. The number of carbonyl (C=O) groups excluding carboxylic acids is 2. The average molecular weight is 366 g/mol. The molecule has 0 aliphatic carbocycles. The molecule has 6 heteroatoms. The van der Waals surface area contributed by atoms with Gasteiger partial charge in [0.1, 0.15) is 11.4 Å². The summed E-state index contributed by atoms with van der Waals surface area (Å²) in [4.78, 5) is 24.4. The van der Waals surface area contributed by atoms with Crippen molar-refractivity contribution in [3.05, 3.63) is 59.8 Å². The van der Waals surface area contributed by atoms with Gasteiger partial charge in [0, 0.05) is 23.6 Å². The molecule has 27 heavy (non-hydrogen) atoms. The topological polar surface area (TPSA) is 69.6 Å². The lowest BCUT2D eigenvalue weighted by Gasteiger charge is -2.08. The molecule has 0 bridgehead atoms. The number of carbonyl (C=O) groups is 2. The number of esters is 1. The van der Waals surface area contributed by atoms with E-state index in [9.17, 15) is 9.59 Å². The fourth-order valence-corrected chi connectivity index (χ4v) is 2.90. The molecule has 3 aromatic rings. The number of hydrogen-bond donors (Lipinski definition) is 1. The summed E-state index contributed by atoms with van der Waals surface area (Å²) in [5.41, 5.74) is 2.53. The fourth-order valence-electron chi connectivity index (χ4n) is 2.90. The van der Waals surface area contributed by atoms with Crippen LogP contribution in [0.4, 0.5) is 5.69 Å². The van der Waals surface area contributed by atoms with Crippen LogP contribution in [0.15, 0.2) is 48.5 Å². The highest BCUT2D eigenvalue weighted by Crippen LogP contribution is 2.24. The van der Waals surface area contributed by atoms with Crippen molar-refractivity contribution in [2.45, 2.75) is 13.8 Å². The van der Waals surface area contributed by atoms with Gasteiger partial charge in [-0.25, -0.2) is 4.79 Å². The number of anilines is 1. The van der Waals surface area contributed by atoms with E-state index in [0.717, 1.165) is 16.7 Å². The minimum Gasteiger partial charge on any atom is -0.494 e.